The third-order valence-corrected chi connectivity index (χ3v) is 4.48. The highest BCUT2D eigenvalue weighted by atomic mass is 127. The minimum Gasteiger partial charge on any atom is -0.367 e. The molecule has 1 heterocycles. The van der Waals surface area contributed by atoms with Crippen LogP contribution in [0.15, 0.2) is 54.6 Å². The van der Waals surface area contributed by atoms with E-state index in [1.54, 1.807) is 0 Å². The van der Waals surface area contributed by atoms with E-state index >= 15 is 0 Å². The van der Waals surface area contributed by atoms with Crippen LogP contribution in [0.1, 0.15) is 11.6 Å². The van der Waals surface area contributed by atoms with Gasteiger partial charge in [0.15, 0.2) is 0 Å². The van der Waals surface area contributed by atoms with Crippen molar-refractivity contribution in [2.24, 2.45) is 0 Å². The lowest BCUT2D eigenvalue weighted by Gasteiger charge is -2.36. The Morgan fingerprint density at radius 2 is 1.74 bits per heavy atom. The lowest BCUT2D eigenvalue weighted by Crippen LogP contribution is -2.46. The van der Waals surface area contributed by atoms with Gasteiger partial charge in [0.2, 0.25) is 0 Å². The molecule has 1 fully saturated rings. The van der Waals surface area contributed by atoms with Gasteiger partial charge >= 0.3 is 0 Å². The number of anilines is 1. The lowest BCUT2D eigenvalue weighted by molar-refractivity contribution is 0.471. The van der Waals surface area contributed by atoms with Crippen molar-refractivity contribution in [3.63, 3.8) is 0 Å². The van der Waals surface area contributed by atoms with E-state index < -0.39 is 0 Å². The lowest BCUT2D eigenvalue weighted by atomic mass is 10.0. The number of hydrogen-bond donors (Lipinski definition) is 1. The zero-order valence-corrected chi connectivity index (χ0v) is 12.9. The summed E-state index contributed by atoms with van der Waals surface area (Å²) in [5.41, 5.74) is 2.73. The van der Waals surface area contributed by atoms with Crippen LogP contribution in [0.2, 0.25) is 0 Å². The van der Waals surface area contributed by atoms with Crippen molar-refractivity contribution in [2.75, 3.05) is 24.5 Å². The fourth-order valence-electron chi connectivity index (χ4n) is 2.59. The number of rotatable bonds is 2. The van der Waals surface area contributed by atoms with Crippen LogP contribution in [-0.2, 0) is 0 Å². The van der Waals surface area contributed by atoms with Gasteiger partial charge in [0.05, 0.1) is 5.69 Å². The van der Waals surface area contributed by atoms with Crippen LogP contribution >= 0.6 is 22.6 Å². The topological polar surface area (TPSA) is 15.3 Å². The van der Waals surface area contributed by atoms with Crippen molar-refractivity contribution >= 4 is 28.3 Å². The van der Waals surface area contributed by atoms with Gasteiger partial charge in [-0.1, -0.05) is 42.5 Å². The van der Waals surface area contributed by atoms with Crippen molar-refractivity contribution < 1.29 is 0 Å². The standard InChI is InChI=1S/C16H17IN2/c17-14-8-4-5-9-16(14)19-11-10-18-15(12-19)13-6-2-1-3-7-13/h1-9,15,18H,10-12H2. The number of para-hydroxylation sites is 1. The Bertz CT molecular complexity index is 541. The van der Waals surface area contributed by atoms with Crippen LogP contribution in [0.25, 0.3) is 0 Å². The van der Waals surface area contributed by atoms with Crippen molar-refractivity contribution in [3.8, 4) is 0 Å². The molecule has 2 aromatic rings. The van der Waals surface area contributed by atoms with Gasteiger partial charge in [-0.2, -0.15) is 0 Å². The summed E-state index contributed by atoms with van der Waals surface area (Å²) in [4.78, 5) is 2.48. The van der Waals surface area contributed by atoms with E-state index in [-0.39, 0.29) is 0 Å². The third-order valence-electron chi connectivity index (χ3n) is 3.57. The van der Waals surface area contributed by atoms with Gasteiger partial charge in [-0.15, -0.1) is 0 Å². The van der Waals surface area contributed by atoms with Crippen LogP contribution in [0, 0.1) is 3.57 Å². The molecule has 0 amide bonds. The molecule has 0 aliphatic carbocycles. The van der Waals surface area contributed by atoms with Crippen molar-refractivity contribution in [3.05, 3.63) is 63.7 Å². The van der Waals surface area contributed by atoms with Gasteiger partial charge in [-0.3, -0.25) is 0 Å². The summed E-state index contributed by atoms with van der Waals surface area (Å²) < 4.78 is 1.33. The molecular weight excluding hydrogens is 347 g/mol. The number of halogens is 1. The molecule has 0 aromatic heterocycles. The molecule has 1 unspecified atom stereocenters. The SMILES string of the molecule is Ic1ccccc1N1CCNC(c2ccccc2)C1. The first-order chi connectivity index (χ1) is 9.34. The normalized spacial score (nSPS) is 19.4. The highest BCUT2D eigenvalue weighted by molar-refractivity contribution is 14.1. The first-order valence-electron chi connectivity index (χ1n) is 6.62. The monoisotopic (exact) mass is 364 g/mol. The highest BCUT2D eigenvalue weighted by Gasteiger charge is 2.21. The molecule has 3 heteroatoms. The van der Waals surface area contributed by atoms with Gasteiger partial charge in [-0.05, 0) is 40.3 Å². The van der Waals surface area contributed by atoms with E-state index in [2.05, 4.69) is 87.4 Å². The number of hydrogen-bond acceptors (Lipinski definition) is 2. The molecule has 19 heavy (non-hydrogen) atoms. The quantitative estimate of drug-likeness (QED) is 0.822. The molecule has 0 radical (unpaired) electrons. The molecule has 0 spiro atoms. The second kappa shape index (κ2) is 5.92. The van der Waals surface area contributed by atoms with E-state index in [9.17, 15) is 0 Å². The Morgan fingerprint density at radius 1 is 1.00 bits per heavy atom. The zero-order valence-electron chi connectivity index (χ0n) is 10.7. The molecule has 2 aromatic carbocycles. The molecule has 1 saturated heterocycles. The Balaban J connectivity index is 1.81. The smallest absolute Gasteiger partial charge is 0.0502 e. The summed E-state index contributed by atoms with van der Waals surface area (Å²) in [6.45, 7) is 3.14. The molecule has 0 bridgehead atoms. The molecular formula is C16H17IN2. The minimum absolute atomic E-state index is 0.422. The zero-order chi connectivity index (χ0) is 13.1. The fraction of sp³-hybridized carbons (Fsp3) is 0.250. The average molecular weight is 364 g/mol. The van der Waals surface area contributed by atoms with E-state index in [0.717, 1.165) is 19.6 Å². The Kier molecular flexibility index (Phi) is 4.03. The van der Waals surface area contributed by atoms with Crippen molar-refractivity contribution in [2.45, 2.75) is 6.04 Å². The fourth-order valence-corrected chi connectivity index (χ4v) is 3.31. The van der Waals surface area contributed by atoms with Gasteiger partial charge in [0, 0.05) is 29.2 Å². The highest BCUT2D eigenvalue weighted by Crippen LogP contribution is 2.26. The first kappa shape index (κ1) is 12.9. The number of benzene rings is 2. The molecule has 1 atom stereocenters. The molecule has 98 valence electrons. The van der Waals surface area contributed by atoms with E-state index in [0.29, 0.717) is 6.04 Å². The molecule has 1 aliphatic rings. The Morgan fingerprint density at radius 3 is 2.53 bits per heavy atom. The second-order valence-electron chi connectivity index (χ2n) is 4.81. The number of nitrogens with zero attached hydrogens (tertiary/aromatic N) is 1. The molecule has 1 N–H and O–H groups in total. The number of piperazine rings is 1. The predicted molar refractivity (Wildman–Crippen MR) is 88.6 cm³/mol. The van der Waals surface area contributed by atoms with Crippen LogP contribution in [0.3, 0.4) is 0 Å². The molecule has 2 nitrogen and oxygen atoms in total. The van der Waals surface area contributed by atoms with Crippen LogP contribution in [-0.4, -0.2) is 19.6 Å². The Labute approximate surface area is 128 Å². The van der Waals surface area contributed by atoms with Gasteiger partial charge in [0.25, 0.3) is 0 Å². The maximum atomic E-state index is 3.61. The van der Waals surface area contributed by atoms with Crippen molar-refractivity contribution in [1.82, 2.24) is 5.32 Å². The van der Waals surface area contributed by atoms with Crippen LogP contribution < -0.4 is 10.2 Å². The minimum atomic E-state index is 0.422. The first-order valence-corrected chi connectivity index (χ1v) is 7.70. The van der Waals surface area contributed by atoms with Gasteiger partial charge in [-0.25, -0.2) is 0 Å². The summed E-state index contributed by atoms with van der Waals surface area (Å²) in [6.07, 6.45) is 0. The number of nitrogens with one attached hydrogen (secondary N) is 1. The summed E-state index contributed by atoms with van der Waals surface area (Å²) >= 11 is 2.42. The largest absolute Gasteiger partial charge is 0.367 e. The molecule has 0 saturated carbocycles. The van der Waals surface area contributed by atoms with Gasteiger partial charge in [0.1, 0.15) is 0 Å². The van der Waals surface area contributed by atoms with Crippen LogP contribution in [0.4, 0.5) is 5.69 Å². The summed E-state index contributed by atoms with van der Waals surface area (Å²) in [5, 5.41) is 3.61. The predicted octanol–water partition coefficient (Wildman–Crippen LogP) is 3.44. The molecule has 3 rings (SSSR count). The Hall–Kier alpha value is -1.07. The second-order valence-corrected chi connectivity index (χ2v) is 5.98. The maximum Gasteiger partial charge on any atom is 0.0502 e. The van der Waals surface area contributed by atoms with E-state index in [1.165, 1.54) is 14.8 Å². The van der Waals surface area contributed by atoms with Crippen molar-refractivity contribution in [1.29, 1.82) is 0 Å². The van der Waals surface area contributed by atoms with Gasteiger partial charge < -0.3 is 10.2 Å². The summed E-state index contributed by atoms with van der Waals surface area (Å²) in [7, 11) is 0. The molecule has 1 aliphatic heterocycles. The summed E-state index contributed by atoms with van der Waals surface area (Å²) in [5.74, 6) is 0. The van der Waals surface area contributed by atoms with E-state index in [1.807, 2.05) is 0 Å². The van der Waals surface area contributed by atoms with E-state index in [4.69, 9.17) is 0 Å². The summed E-state index contributed by atoms with van der Waals surface area (Å²) in [6, 6.07) is 19.7. The van der Waals surface area contributed by atoms with Crippen LogP contribution in [0.5, 0.6) is 0 Å². The maximum absolute atomic E-state index is 3.61. The third kappa shape index (κ3) is 2.92. The average Bonchev–Trinajstić information content (AvgIpc) is 2.49.